The minimum absolute atomic E-state index is 0.161. The highest BCUT2D eigenvalue weighted by Gasteiger charge is 2.12. The van der Waals surface area contributed by atoms with Crippen LogP contribution in [0.2, 0.25) is 0 Å². The van der Waals surface area contributed by atoms with Gasteiger partial charge in [0.05, 0.1) is 25.3 Å². The lowest BCUT2D eigenvalue weighted by Gasteiger charge is -2.10. The minimum Gasteiger partial charge on any atom is -0.496 e. The van der Waals surface area contributed by atoms with Crippen molar-refractivity contribution in [2.75, 3.05) is 25.7 Å². The van der Waals surface area contributed by atoms with Gasteiger partial charge in [-0.2, -0.15) is 0 Å². The summed E-state index contributed by atoms with van der Waals surface area (Å²) in [6.45, 7) is 0.952. The Hall–Kier alpha value is -7.90. The molecule has 59 heavy (non-hydrogen) atoms. The van der Waals surface area contributed by atoms with Crippen molar-refractivity contribution in [1.29, 1.82) is 0 Å². The van der Waals surface area contributed by atoms with E-state index in [4.69, 9.17) is 31.8 Å². The summed E-state index contributed by atoms with van der Waals surface area (Å²) in [6, 6.07) is 34.1. The van der Waals surface area contributed by atoms with Gasteiger partial charge in [0, 0.05) is 83.3 Å². The van der Waals surface area contributed by atoms with Crippen LogP contribution < -0.4 is 32.0 Å². The summed E-state index contributed by atoms with van der Waals surface area (Å²) < 4.78 is 10.6. The zero-order valence-electron chi connectivity index (χ0n) is 32.4. The number of methoxy groups -OCH3 is 2. The van der Waals surface area contributed by atoms with Crippen LogP contribution in [0.5, 0.6) is 11.5 Å². The molecular weight excluding hydrogens is 745 g/mol. The molecule has 0 radical (unpaired) electrons. The first-order valence-corrected chi connectivity index (χ1v) is 18.3. The first-order chi connectivity index (χ1) is 28.7. The third-order valence-corrected chi connectivity index (χ3v) is 9.23. The number of nitrogen functional groups attached to an aromatic ring is 2. The number of nitrogens with two attached hydrogens (primary N) is 3. The monoisotopic (exact) mass is 786 g/mol. The number of hydrogen-bond acceptors (Lipinski definition) is 11. The molecular formula is C46H42N8O5. The van der Waals surface area contributed by atoms with Crippen LogP contribution in [0.3, 0.4) is 0 Å². The van der Waals surface area contributed by atoms with Crippen molar-refractivity contribution in [3.05, 3.63) is 169 Å². The van der Waals surface area contributed by atoms with Gasteiger partial charge in [-0.3, -0.25) is 14.8 Å². The summed E-state index contributed by atoms with van der Waals surface area (Å²) in [4.78, 5) is 39.8. The van der Waals surface area contributed by atoms with Gasteiger partial charge < -0.3 is 37.1 Å². The third-order valence-electron chi connectivity index (χ3n) is 9.23. The molecule has 8 rings (SSSR count). The molecule has 0 saturated heterocycles. The molecule has 0 atom stereocenters. The van der Waals surface area contributed by atoms with Crippen molar-refractivity contribution in [3.63, 3.8) is 0 Å². The Morgan fingerprint density at radius 2 is 1.12 bits per heavy atom. The molecule has 13 nitrogen and oxygen atoms in total. The summed E-state index contributed by atoms with van der Waals surface area (Å²) in [6.07, 6.45) is 9.59. The van der Waals surface area contributed by atoms with Crippen molar-refractivity contribution in [1.82, 2.24) is 25.3 Å². The lowest BCUT2D eigenvalue weighted by Crippen LogP contribution is -2.23. The lowest BCUT2D eigenvalue weighted by atomic mass is 10.0. The number of anilines is 2. The van der Waals surface area contributed by atoms with E-state index in [-0.39, 0.29) is 11.5 Å². The number of hydrogen-bond donors (Lipinski definition) is 5. The number of benzene rings is 4. The summed E-state index contributed by atoms with van der Waals surface area (Å²) in [5.41, 5.74) is 23.1. The van der Waals surface area contributed by atoms with Crippen molar-refractivity contribution in [3.8, 4) is 33.8 Å². The fraction of sp³-hybridized carbons (Fsp3) is 0.0870. The number of carboxylic acid groups (broad SMARTS) is 1. The van der Waals surface area contributed by atoms with E-state index in [1.54, 1.807) is 51.3 Å². The van der Waals surface area contributed by atoms with Crippen LogP contribution in [0, 0.1) is 0 Å². The smallest absolute Gasteiger partial charge is 0.337 e. The number of aromatic nitrogens is 4. The van der Waals surface area contributed by atoms with Gasteiger partial charge in [-0.15, -0.1) is 0 Å². The van der Waals surface area contributed by atoms with E-state index in [1.807, 2.05) is 103 Å². The zero-order valence-corrected chi connectivity index (χ0v) is 32.4. The van der Waals surface area contributed by atoms with Gasteiger partial charge in [-0.05, 0) is 70.4 Å². The van der Waals surface area contributed by atoms with Crippen LogP contribution in [-0.4, -0.2) is 51.1 Å². The Morgan fingerprint density at radius 1 is 0.627 bits per heavy atom. The van der Waals surface area contributed by atoms with Gasteiger partial charge in [0.2, 0.25) is 0 Å². The van der Waals surface area contributed by atoms with Crippen molar-refractivity contribution in [2.24, 2.45) is 5.73 Å². The zero-order chi connectivity index (χ0) is 41.7. The Labute approximate surface area is 340 Å². The van der Waals surface area contributed by atoms with Gasteiger partial charge in [-0.25, -0.2) is 14.8 Å². The maximum absolute atomic E-state index is 12.7. The normalized spacial score (nSPS) is 10.4. The van der Waals surface area contributed by atoms with E-state index < -0.39 is 5.97 Å². The molecule has 0 fully saturated rings. The molecule has 1 amide bonds. The quantitative estimate of drug-likeness (QED) is 0.0959. The number of carboxylic acids is 1. The first-order valence-electron chi connectivity index (χ1n) is 18.3. The Balaban J connectivity index is 0.000000165. The van der Waals surface area contributed by atoms with E-state index in [0.717, 1.165) is 60.7 Å². The maximum atomic E-state index is 12.7. The molecule has 0 aliphatic carbocycles. The molecule has 296 valence electrons. The summed E-state index contributed by atoms with van der Waals surface area (Å²) in [5, 5.41) is 15.8. The topological polar surface area (TPSA) is 214 Å². The van der Waals surface area contributed by atoms with E-state index in [2.05, 4.69) is 25.3 Å². The second-order valence-corrected chi connectivity index (χ2v) is 13.0. The van der Waals surface area contributed by atoms with E-state index in [0.29, 0.717) is 36.0 Å². The molecule has 13 heteroatoms. The molecule has 0 saturated carbocycles. The number of amides is 1. The molecule has 4 heterocycles. The highest BCUT2D eigenvalue weighted by Crippen LogP contribution is 2.31. The number of nitrogens with zero attached hydrogens (tertiary/aromatic N) is 4. The SMILES string of the molecule is COc1ccccc1-c1cncc(C(=O)NCc2ccc3c(N)nccc3c2)c1.COc1ccccc1-c1cncc(C(=O)O)c1.NCc1ccc2c(N)nccc2c1. The highest BCUT2D eigenvalue weighted by molar-refractivity contribution is 5.96. The minimum atomic E-state index is -0.991. The number of ether oxygens (including phenoxy) is 2. The Bertz CT molecular complexity index is 2740. The van der Waals surface area contributed by atoms with Crippen LogP contribution in [0.1, 0.15) is 31.8 Å². The summed E-state index contributed by atoms with van der Waals surface area (Å²) in [5.74, 6) is 1.31. The molecule has 0 aliphatic heterocycles. The summed E-state index contributed by atoms with van der Waals surface area (Å²) >= 11 is 0. The van der Waals surface area contributed by atoms with Gasteiger partial charge in [0.1, 0.15) is 23.1 Å². The average Bonchev–Trinajstić information content (AvgIpc) is 3.28. The largest absolute Gasteiger partial charge is 0.496 e. The van der Waals surface area contributed by atoms with E-state index in [1.165, 1.54) is 6.20 Å². The van der Waals surface area contributed by atoms with E-state index >= 15 is 0 Å². The number of para-hydroxylation sites is 2. The highest BCUT2D eigenvalue weighted by atomic mass is 16.5. The molecule has 0 aliphatic rings. The molecule has 8 N–H and O–H groups in total. The standard InChI is InChI=1S/C23H20N4O2.C13H11NO3.C10H11N3/c1-29-21-5-3-2-4-19(21)17-11-18(14-25-13-17)23(28)27-12-15-6-7-20-16(10-15)8-9-26-22(20)24;1-17-12-5-3-2-4-11(12)9-6-10(13(15)16)8-14-7-9;11-6-7-1-2-9-8(5-7)3-4-13-10(9)12/h2-11,13-14H,12H2,1H3,(H2,24,26)(H,27,28);2-8H,1H3,(H,15,16);1-5H,6,11H2,(H2,12,13). The number of pyridine rings is 4. The fourth-order valence-corrected chi connectivity index (χ4v) is 6.20. The van der Waals surface area contributed by atoms with Crippen LogP contribution in [0.25, 0.3) is 43.8 Å². The molecule has 0 spiro atoms. The van der Waals surface area contributed by atoms with Crippen LogP contribution in [0.15, 0.2) is 146 Å². The molecule has 8 aromatic rings. The second kappa shape index (κ2) is 19.3. The van der Waals surface area contributed by atoms with Gasteiger partial charge in [0.15, 0.2) is 0 Å². The summed E-state index contributed by atoms with van der Waals surface area (Å²) in [7, 11) is 3.20. The lowest BCUT2D eigenvalue weighted by molar-refractivity contribution is 0.0696. The predicted molar refractivity (Wildman–Crippen MR) is 231 cm³/mol. The Morgan fingerprint density at radius 3 is 1.64 bits per heavy atom. The van der Waals surface area contributed by atoms with Crippen LogP contribution in [0.4, 0.5) is 11.6 Å². The molecule has 4 aromatic heterocycles. The number of fused-ring (bicyclic) bond motifs is 2. The average molecular weight is 787 g/mol. The molecule has 4 aromatic carbocycles. The van der Waals surface area contributed by atoms with Crippen molar-refractivity contribution in [2.45, 2.75) is 13.1 Å². The van der Waals surface area contributed by atoms with E-state index in [9.17, 15) is 9.59 Å². The predicted octanol–water partition coefficient (Wildman–Crippen LogP) is 7.55. The number of nitrogens with one attached hydrogen (secondary N) is 1. The number of rotatable bonds is 9. The van der Waals surface area contributed by atoms with Gasteiger partial charge in [-0.1, -0.05) is 60.7 Å². The number of aromatic carboxylic acids is 1. The van der Waals surface area contributed by atoms with Gasteiger partial charge >= 0.3 is 5.97 Å². The molecule has 0 bridgehead atoms. The maximum Gasteiger partial charge on any atom is 0.337 e. The Kier molecular flexibility index (Phi) is 13.3. The molecule has 0 unspecified atom stereocenters. The second-order valence-electron chi connectivity index (χ2n) is 13.0. The number of carbonyl (C=O) groups excluding carboxylic acids is 1. The number of carbonyl (C=O) groups is 2. The third kappa shape index (κ3) is 10.1. The fourth-order valence-electron chi connectivity index (χ4n) is 6.20. The van der Waals surface area contributed by atoms with Gasteiger partial charge in [0.25, 0.3) is 5.91 Å². The van der Waals surface area contributed by atoms with Crippen molar-refractivity contribution < 1.29 is 24.2 Å². The van der Waals surface area contributed by atoms with Crippen LogP contribution in [-0.2, 0) is 13.1 Å². The van der Waals surface area contributed by atoms with Crippen molar-refractivity contribution >= 4 is 45.1 Å². The van der Waals surface area contributed by atoms with Crippen LogP contribution >= 0.6 is 0 Å². The first kappa shape index (κ1) is 40.8.